The third-order valence-electron chi connectivity index (χ3n) is 3.43. The van der Waals surface area contributed by atoms with Gasteiger partial charge in [0.25, 0.3) is 0 Å². The van der Waals surface area contributed by atoms with Crippen LogP contribution in [0.1, 0.15) is 55.1 Å². The second-order valence-corrected chi connectivity index (χ2v) is 6.19. The summed E-state index contributed by atoms with van der Waals surface area (Å²) in [4.78, 5) is 12.1. The van der Waals surface area contributed by atoms with Gasteiger partial charge in [-0.1, -0.05) is 12.1 Å². The first-order valence-corrected chi connectivity index (χ1v) is 6.86. The zero-order valence-corrected chi connectivity index (χ0v) is 11.7. The van der Waals surface area contributed by atoms with E-state index in [4.69, 9.17) is 0 Å². The van der Waals surface area contributed by atoms with Gasteiger partial charge < -0.3 is 5.32 Å². The summed E-state index contributed by atoms with van der Waals surface area (Å²) < 4.78 is 0. The lowest BCUT2D eigenvalue weighted by molar-refractivity contribution is 0.0980. The molecule has 0 heterocycles. The summed E-state index contributed by atoms with van der Waals surface area (Å²) in [6.07, 6.45) is 4.13. The monoisotopic (exact) mass is 245 g/mol. The molecule has 0 amide bonds. The molecule has 0 saturated carbocycles. The Hall–Kier alpha value is -1.15. The molecule has 18 heavy (non-hydrogen) atoms. The predicted octanol–water partition coefficient (Wildman–Crippen LogP) is 3.14. The topological polar surface area (TPSA) is 29.1 Å². The second kappa shape index (κ2) is 5.23. The Morgan fingerprint density at radius 3 is 2.67 bits per heavy atom. The van der Waals surface area contributed by atoms with Gasteiger partial charge in [0.05, 0.1) is 0 Å². The van der Waals surface area contributed by atoms with Crippen LogP contribution in [-0.2, 0) is 12.8 Å². The van der Waals surface area contributed by atoms with Crippen LogP contribution in [0.3, 0.4) is 0 Å². The lowest BCUT2D eigenvalue weighted by Crippen LogP contribution is -2.37. The van der Waals surface area contributed by atoms with Crippen LogP contribution >= 0.6 is 0 Å². The molecule has 1 aliphatic carbocycles. The molecular formula is C16H23NO. The summed E-state index contributed by atoms with van der Waals surface area (Å²) >= 11 is 0. The Balaban J connectivity index is 1.93. The van der Waals surface area contributed by atoms with Crippen molar-refractivity contribution in [1.82, 2.24) is 5.32 Å². The maximum Gasteiger partial charge on any atom is 0.164 e. The van der Waals surface area contributed by atoms with E-state index in [9.17, 15) is 4.79 Å². The highest BCUT2D eigenvalue weighted by Gasteiger charge is 2.14. The van der Waals surface area contributed by atoms with Gasteiger partial charge in [0.2, 0.25) is 0 Å². The van der Waals surface area contributed by atoms with Crippen LogP contribution in [0.2, 0.25) is 0 Å². The summed E-state index contributed by atoms with van der Waals surface area (Å²) in [6, 6.07) is 6.22. The van der Waals surface area contributed by atoms with Crippen molar-refractivity contribution in [2.75, 3.05) is 6.54 Å². The van der Waals surface area contributed by atoms with Crippen LogP contribution in [0.5, 0.6) is 0 Å². The SMILES string of the molecule is CC(C)(C)NCCC(=O)c1ccc2c(c1)CCC2. The van der Waals surface area contributed by atoms with Crippen LogP contribution in [-0.4, -0.2) is 17.9 Å². The number of Topliss-reactive ketones (excluding diaryl/α,β-unsaturated/α-hetero) is 1. The smallest absolute Gasteiger partial charge is 0.164 e. The van der Waals surface area contributed by atoms with E-state index in [-0.39, 0.29) is 11.3 Å². The lowest BCUT2D eigenvalue weighted by atomic mass is 10.0. The number of rotatable bonds is 4. The summed E-state index contributed by atoms with van der Waals surface area (Å²) in [6.45, 7) is 7.10. The zero-order valence-electron chi connectivity index (χ0n) is 11.7. The van der Waals surface area contributed by atoms with Crippen LogP contribution in [0, 0.1) is 0 Å². The molecule has 1 N–H and O–H groups in total. The Morgan fingerprint density at radius 1 is 1.22 bits per heavy atom. The highest BCUT2D eigenvalue weighted by molar-refractivity contribution is 5.96. The number of ketones is 1. The molecule has 2 heteroatoms. The standard InChI is InChI=1S/C16H23NO/c1-16(2,3)17-10-9-15(18)14-8-7-12-5-4-6-13(12)11-14/h7-8,11,17H,4-6,9-10H2,1-3H3. The van der Waals surface area contributed by atoms with Gasteiger partial charge in [-0.15, -0.1) is 0 Å². The van der Waals surface area contributed by atoms with Crippen LogP contribution in [0.25, 0.3) is 0 Å². The largest absolute Gasteiger partial charge is 0.312 e. The first kappa shape index (κ1) is 13.3. The van der Waals surface area contributed by atoms with E-state index < -0.39 is 0 Å². The quantitative estimate of drug-likeness (QED) is 0.826. The maximum absolute atomic E-state index is 12.1. The number of hydrogen-bond acceptors (Lipinski definition) is 2. The highest BCUT2D eigenvalue weighted by atomic mass is 16.1. The Morgan fingerprint density at radius 2 is 1.94 bits per heavy atom. The van der Waals surface area contributed by atoms with Gasteiger partial charge in [-0.05, 0) is 57.2 Å². The number of carbonyl (C=O) groups excluding carboxylic acids is 1. The molecule has 0 aromatic heterocycles. The fraction of sp³-hybridized carbons (Fsp3) is 0.562. The fourth-order valence-corrected chi connectivity index (χ4v) is 2.44. The van der Waals surface area contributed by atoms with E-state index in [2.05, 4.69) is 38.2 Å². The van der Waals surface area contributed by atoms with Crippen molar-refractivity contribution in [2.24, 2.45) is 0 Å². The molecule has 98 valence electrons. The molecule has 1 aromatic carbocycles. The second-order valence-electron chi connectivity index (χ2n) is 6.19. The van der Waals surface area contributed by atoms with Crippen molar-refractivity contribution in [3.05, 3.63) is 34.9 Å². The summed E-state index contributed by atoms with van der Waals surface area (Å²) in [5.74, 6) is 0.251. The molecule has 0 atom stereocenters. The van der Waals surface area contributed by atoms with Crippen molar-refractivity contribution in [3.8, 4) is 0 Å². The molecule has 1 aliphatic rings. The Bertz CT molecular complexity index is 443. The number of hydrogen-bond donors (Lipinski definition) is 1. The summed E-state index contributed by atoms with van der Waals surface area (Å²) in [5, 5.41) is 3.35. The van der Waals surface area contributed by atoms with Gasteiger partial charge in [-0.3, -0.25) is 4.79 Å². The Labute approximate surface area is 110 Å². The normalized spacial score (nSPS) is 14.6. The van der Waals surface area contributed by atoms with Crippen LogP contribution in [0.15, 0.2) is 18.2 Å². The van der Waals surface area contributed by atoms with Crippen molar-refractivity contribution in [1.29, 1.82) is 0 Å². The molecule has 0 unspecified atom stereocenters. The van der Waals surface area contributed by atoms with E-state index in [0.717, 1.165) is 18.5 Å². The molecule has 0 radical (unpaired) electrons. The van der Waals surface area contributed by atoms with Crippen molar-refractivity contribution in [3.63, 3.8) is 0 Å². The number of fused-ring (bicyclic) bond motifs is 1. The van der Waals surface area contributed by atoms with E-state index in [1.807, 2.05) is 6.07 Å². The van der Waals surface area contributed by atoms with Gasteiger partial charge in [0.15, 0.2) is 5.78 Å². The van der Waals surface area contributed by atoms with Gasteiger partial charge in [-0.25, -0.2) is 0 Å². The lowest BCUT2D eigenvalue weighted by Gasteiger charge is -2.20. The summed E-state index contributed by atoms with van der Waals surface area (Å²) in [5.41, 5.74) is 3.77. The van der Waals surface area contributed by atoms with E-state index in [1.54, 1.807) is 0 Å². The number of nitrogens with one attached hydrogen (secondary N) is 1. The van der Waals surface area contributed by atoms with Gasteiger partial charge >= 0.3 is 0 Å². The van der Waals surface area contributed by atoms with Gasteiger partial charge in [-0.2, -0.15) is 0 Å². The molecule has 0 fully saturated rings. The molecule has 2 nitrogen and oxygen atoms in total. The molecule has 2 rings (SSSR count). The Kier molecular flexibility index (Phi) is 3.86. The van der Waals surface area contributed by atoms with E-state index in [0.29, 0.717) is 6.42 Å². The van der Waals surface area contributed by atoms with E-state index in [1.165, 1.54) is 24.0 Å². The summed E-state index contributed by atoms with van der Waals surface area (Å²) in [7, 11) is 0. The average Bonchev–Trinajstić information content (AvgIpc) is 2.73. The maximum atomic E-state index is 12.1. The van der Waals surface area contributed by atoms with Crippen molar-refractivity contribution >= 4 is 5.78 Å². The van der Waals surface area contributed by atoms with Crippen LogP contribution in [0.4, 0.5) is 0 Å². The molecule has 0 spiro atoms. The fourth-order valence-electron chi connectivity index (χ4n) is 2.44. The third kappa shape index (κ3) is 3.42. The molecule has 0 aliphatic heterocycles. The molecule has 0 bridgehead atoms. The average molecular weight is 245 g/mol. The first-order chi connectivity index (χ1) is 8.46. The molecule has 1 aromatic rings. The minimum Gasteiger partial charge on any atom is -0.312 e. The van der Waals surface area contributed by atoms with Crippen molar-refractivity contribution in [2.45, 2.75) is 52.0 Å². The van der Waals surface area contributed by atoms with Crippen molar-refractivity contribution < 1.29 is 4.79 Å². The van der Waals surface area contributed by atoms with E-state index >= 15 is 0 Å². The zero-order chi connectivity index (χ0) is 13.2. The first-order valence-electron chi connectivity index (χ1n) is 6.86. The van der Waals surface area contributed by atoms with Gasteiger partial charge in [0, 0.05) is 24.1 Å². The number of benzene rings is 1. The van der Waals surface area contributed by atoms with Gasteiger partial charge in [0.1, 0.15) is 0 Å². The predicted molar refractivity (Wildman–Crippen MR) is 75.2 cm³/mol. The minimum atomic E-state index is 0.0816. The minimum absolute atomic E-state index is 0.0816. The third-order valence-corrected chi connectivity index (χ3v) is 3.43. The number of aryl methyl sites for hydroxylation is 2. The molecular weight excluding hydrogens is 222 g/mol. The molecule has 0 saturated heterocycles. The highest BCUT2D eigenvalue weighted by Crippen LogP contribution is 2.23. The number of carbonyl (C=O) groups is 1. The van der Waals surface area contributed by atoms with Crippen LogP contribution < -0.4 is 5.32 Å².